The number of piperidine rings is 1. The van der Waals surface area contributed by atoms with Crippen LogP contribution >= 0.6 is 11.3 Å². The Morgan fingerprint density at radius 2 is 2.00 bits per heavy atom. The summed E-state index contributed by atoms with van der Waals surface area (Å²) in [6.07, 6.45) is 3.21. The predicted octanol–water partition coefficient (Wildman–Crippen LogP) is 2.31. The minimum Gasteiger partial charge on any atom is -0.312 e. The second-order valence-corrected chi connectivity index (χ2v) is 8.25. The number of hydrazine groups is 1. The normalized spacial score (nSPS) is 24.3. The van der Waals surface area contributed by atoms with Gasteiger partial charge in [0.25, 0.3) is 10.0 Å². The number of hydrogen-bond donors (Lipinski definition) is 2. The van der Waals surface area contributed by atoms with Crippen molar-refractivity contribution < 1.29 is 8.42 Å². The molecule has 0 aliphatic carbocycles. The van der Waals surface area contributed by atoms with E-state index < -0.39 is 10.0 Å². The molecule has 1 aliphatic rings. The Hall–Kier alpha value is -0.470. The fourth-order valence-corrected chi connectivity index (χ4v) is 5.38. The zero-order valence-corrected chi connectivity index (χ0v) is 14.6. The molecule has 0 saturated carbocycles. The Balaban J connectivity index is 2.16. The minimum atomic E-state index is -3.50. The molecule has 21 heavy (non-hydrogen) atoms. The van der Waals surface area contributed by atoms with Crippen LogP contribution in [0.2, 0.25) is 0 Å². The highest BCUT2D eigenvalue weighted by molar-refractivity contribution is 7.89. The molecule has 5 nitrogen and oxygen atoms in total. The van der Waals surface area contributed by atoms with Gasteiger partial charge in [-0.05, 0) is 44.7 Å². The van der Waals surface area contributed by atoms with E-state index in [0.717, 1.165) is 30.7 Å². The second kappa shape index (κ2) is 7.19. The molecule has 1 fully saturated rings. The van der Waals surface area contributed by atoms with Crippen molar-refractivity contribution in [1.29, 1.82) is 0 Å². The first-order valence-electron chi connectivity index (χ1n) is 7.53. The Kier molecular flexibility index (Phi) is 5.79. The fraction of sp³-hybridized carbons (Fsp3) is 0.714. The number of thiophene rings is 1. The second-order valence-electron chi connectivity index (χ2n) is 5.62. The lowest BCUT2D eigenvalue weighted by Crippen LogP contribution is -2.54. The number of hydrogen-bond acceptors (Lipinski definition) is 5. The van der Waals surface area contributed by atoms with E-state index in [2.05, 4.69) is 24.0 Å². The summed E-state index contributed by atoms with van der Waals surface area (Å²) in [5, 5.41) is 6.92. The van der Waals surface area contributed by atoms with Crippen LogP contribution in [0.5, 0.6) is 0 Å². The summed E-state index contributed by atoms with van der Waals surface area (Å²) in [7, 11) is -3.50. The first kappa shape index (κ1) is 16.9. The molecule has 120 valence electrons. The van der Waals surface area contributed by atoms with E-state index >= 15 is 0 Å². The van der Waals surface area contributed by atoms with E-state index in [-0.39, 0.29) is 12.1 Å². The molecular weight excluding hydrogens is 306 g/mol. The summed E-state index contributed by atoms with van der Waals surface area (Å²) < 4.78 is 25.3. The standard InChI is InChI=1S/C14H25N3O2S2/c1-4-15-10-13-14(8-9-20-13)21(18,19)16-17-11(2)6-5-7-12(17)3/h8-9,11-12,15-16H,4-7,10H2,1-3H3. The van der Waals surface area contributed by atoms with Gasteiger partial charge in [0.15, 0.2) is 0 Å². The van der Waals surface area contributed by atoms with Crippen molar-refractivity contribution in [3.8, 4) is 0 Å². The van der Waals surface area contributed by atoms with Gasteiger partial charge >= 0.3 is 0 Å². The van der Waals surface area contributed by atoms with Crippen LogP contribution in [0.15, 0.2) is 16.3 Å². The van der Waals surface area contributed by atoms with Crippen molar-refractivity contribution in [3.05, 3.63) is 16.3 Å². The third kappa shape index (κ3) is 4.04. The molecule has 0 spiro atoms. The lowest BCUT2D eigenvalue weighted by Gasteiger charge is -2.38. The van der Waals surface area contributed by atoms with Gasteiger partial charge in [0, 0.05) is 23.5 Å². The van der Waals surface area contributed by atoms with Crippen molar-refractivity contribution >= 4 is 21.4 Å². The highest BCUT2D eigenvalue weighted by Gasteiger charge is 2.30. The summed E-state index contributed by atoms with van der Waals surface area (Å²) in [6.45, 7) is 7.58. The van der Waals surface area contributed by atoms with Crippen LogP contribution in [0.1, 0.15) is 44.9 Å². The highest BCUT2D eigenvalue weighted by atomic mass is 32.2. The van der Waals surface area contributed by atoms with Crippen LogP contribution in [0, 0.1) is 0 Å². The van der Waals surface area contributed by atoms with E-state index in [4.69, 9.17) is 0 Å². The van der Waals surface area contributed by atoms with Gasteiger partial charge in [0.05, 0.1) is 4.90 Å². The van der Waals surface area contributed by atoms with Crippen LogP contribution in [0.4, 0.5) is 0 Å². The molecule has 0 bridgehead atoms. The number of sulfonamides is 1. The molecular formula is C14H25N3O2S2. The lowest BCUT2D eigenvalue weighted by molar-refractivity contribution is 0.0790. The average molecular weight is 332 g/mol. The maximum Gasteiger partial charge on any atom is 0.254 e. The molecule has 1 aromatic rings. The van der Waals surface area contributed by atoms with Crippen LogP contribution in [-0.4, -0.2) is 32.1 Å². The van der Waals surface area contributed by atoms with Crippen LogP contribution in [-0.2, 0) is 16.6 Å². The minimum absolute atomic E-state index is 0.236. The van der Waals surface area contributed by atoms with E-state index in [9.17, 15) is 8.42 Å². The fourth-order valence-electron chi connectivity index (χ4n) is 2.72. The van der Waals surface area contributed by atoms with Crippen molar-refractivity contribution in [2.45, 2.75) is 63.6 Å². The zero-order chi connectivity index (χ0) is 15.5. The number of rotatable bonds is 6. The maximum absolute atomic E-state index is 12.7. The molecule has 0 radical (unpaired) electrons. The predicted molar refractivity (Wildman–Crippen MR) is 86.6 cm³/mol. The molecule has 1 aliphatic heterocycles. The smallest absolute Gasteiger partial charge is 0.254 e. The number of nitrogens with one attached hydrogen (secondary N) is 2. The van der Waals surface area contributed by atoms with Crippen LogP contribution < -0.4 is 10.1 Å². The van der Waals surface area contributed by atoms with Gasteiger partial charge < -0.3 is 5.32 Å². The van der Waals surface area contributed by atoms with Gasteiger partial charge in [0.2, 0.25) is 0 Å². The average Bonchev–Trinajstić information content (AvgIpc) is 2.90. The summed E-state index contributed by atoms with van der Waals surface area (Å²) in [6, 6.07) is 2.16. The highest BCUT2D eigenvalue weighted by Crippen LogP contribution is 2.25. The van der Waals surface area contributed by atoms with Gasteiger partial charge in [-0.1, -0.05) is 13.3 Å². The molecule has 2 unspecified atom stereocenters. The van der Waals surface area contributed by atoms with E-state index in [1.807, 2.05) is 17.3 Å². The SMILES string of the molecule is CCNCc1sccc1S(=O)(=O)NN1C(C)CCCC1C. The van der Waals surface area contributed by atoms with E-state index in [1.54, 1.807) is 6.07 Å². The molecule has 1 aromatic heterocycles. The van der Waals surface area contributed by atoms with Crippen molar-refractivity contribution in [2.75, 3.05) is 6.54 Å². The Morgan fingerprint density at radius 1 is 1.33 bits per heavy atom. The van der Waals surface area contributed by atoms with E-state index in [0.29, 0.717) is 11.4 Å². The molecule has 2 rings (SSSR count). The summed E-state index contributed by atoms with van der Waals surface area (Å²) in [5.74, 6) is 0. The summed E-state index contributed by atoms with van der Waals surface area (Å²) in [5.41, 5.74) is 0. The first-order valence-corrected chi connectivity index (χ1v) is 9.90. The van der Waals surface area contributed by atoms with Crippen molar-refractivity contribution in [3.63, 3.8) is 0 Å². The Morgan fingerprint density at radius 3 is 2.62 bits per heavy atom. The maximum atomic E-state index is 12.7. The molecule has 1 saturated heterocycles. The monoisotopic (exact) mass is 331 g/mol. The third-order valence-electron chi connectivity index (χ3n) is 3.95. The summed E-state index contributed by atoms with van der Waals surface area (Å²) in [4.78, 5) is 4.06. The Labute approximate surface area is 131 Å². The zero-order valence-electron chi connectivity index (χ0n) is 12.9. The Bertz CT molecular complexity index is 546. The molecule has 0 aromatic carbocycles. The topological polar surface area (TPSA) is 61.4 Å². The summed E-state index contributed by atoms with van der Waals surface area (Å²) >= 11 is 1.48. The lowest BCUT2D eigenvalue weighted by atomic mass is 10.0. The van der Waals surface area contributed by atoms with Crippen molar-refractivity contribution in [1.82, 2.24) is 15.2 Å². The third-order valence-corrected chi connectivity index (χ3v) is 6.41. The van der Waals surface area contributed by atoms with E-state index in [1.165, 1.54) is 11.3 Å². The molecule has 2 N–H and O–H groups in total. The van der Waals surface area contributed by atoms with Crippen molar-refractivity contribution in [2.24, 2.45) is 0 Å². The van der Waals surface area contributed by atoms with Crippen LogP contribution in [0.25, 0.3) is 0 Å². The van der Waals surface area contributed by atoms with Gasteiger partial charge in [-0.15, -0.1) is 16.2 Å². The van der Waals surface area contributed by atoms with Gasteiger partial charge in [-0.3, -0.25) is 0 Å². The van der Waals surface area contributed by atoms with Crippen LogP contribution in [0.3, 0.4) is 0 Å². The van der Waals surface area contributed by atoms with Gasteiger partial charge in [-0.25, -0.2) is 13.4 Å². The quantitative estimate of drug-likeness (QED) is 0.840. The largest absolute Gasteiger partial charge is 0.312 e. The van der Waals surface area contributed by atoms with Gasteiger partial charge in [0.1, 0.15) is 0 Å². The molecule has 0 amide bonds. The molecule has 2 atom stereocenters. The number of nitrogens with zero attached hydrogens (tertiary/aromatic N) is 1. The van der Waals surface area contributed by atoms with Gasteiger partial charge in [-0.2, -0.15) is 0 Å². The molecule has 2 heterocycles. The molecule has 7 heteroatoms. The first-order chi connectivity index (χ1) is 9.95.